The van der Waals surface area contributed by atoms with Crippen molar-refractivity contribution in [1.82, 2.24) is 0 Å². The maximum atomic E-state index is 11.7. The highest BCUT2D eigenvalue weighted by Gasteiger charge is 2.04. The standard InChI is InChI=1S/C18H24O2/c1-4-9-15(2)10-8-11-16(3)20-18(19)14-17-12-6-5-7-13-17/h5-8,10-13,15H,4,9,14H2,1-3H3/b10-8+,16-11+. The first-order chi connectivity index (χ1) is 9.61. The summed E-state index contributed by atoms with van der Waals surface area (Å²) in [5.74, 6) is 0.968. The second-order valence-corrected chi connectivity index (χ2v) is 5.06. The number of carbonyl (C=O) groups excluding carboxylic acids is 1. The van der Waals surface area contributed by atoms with Gasteiger partial charge in [-0.3, -0.25) is 4.79 Å². The largest absolute Gasteiger partial charge is 0.431 e. The van der Waals surface area contributed by atoms with Gasteiger partial charge in [-0.15, -0.1) is 0 Å². The van der Waals surface area contributed by atoms with Crippen molar-refractivity contribution in [2.45, 2.75) is 40.0 Å². The van der Waals surface area contributed by atoms with Gasteiger partial charge in [-0.05, 0) is 30.9 Å². The minimum atomic E-state index is -0.222. The van der Waals surface area contributed by atoms with Gasteiger partial charge in [0.05, 0.1) is 6.42 Å². The Kier molecular flexibility index (Phi) is 7.41. The van der Waals surface area contributed by atoms with Crippen molar-refractivity contribution in [3.8, 4) is 0 Å². The lowest BCUT2D eigenvalue weighted by Crippen LogP contribution is -2.06. The molecular formula is C18H24O2. The molecule has 0 radical (unpaired) electrons. The Balaban J connectivity index is 2.41. The number of rotatable bonds is 7. The molecule has 20 heavy (non-hydrogen) atoms. The monoisotopic (exact) mass is 272 g/mol. The molecule has 108 valence electrons. The first kappa shape index (κ1) is 16.2. The molecule has 0 aliphatic carbocycles. The van der Waals surface area contributed by atoms with Crippen LogP contribution < -0.4 is 0 Å². The summed E-state index contributed by atoms with van der Waals surface area (Å²) in [7, 11) is 0. The lowest BCUT2D eigenvalue weighted by molar-refractivity contribution is -0.138. The Labute approximate surface area is 122 Å². The van der Waals surface area contributed by atoms with Crippen LogP contribution in [0.5, 0.6) is 0 Å². The summed E-state index contributed by atoms with van der Waals surface area (Å²) in [6, 6.07) is 9.62. The van der Waals surface area contributed by atoms with Crippen LogP contribution in [0.2, 0.25) is 0 Å². The first-order valence-corrected chi connectivity index (χ1v) is 7.21. The second kappa shape index (κ2) is 9.13. The second-order valence-electron chi connectivity index (χ2n) is 5.06. The molecule has 0 N–H and O–H groups in total. The Morgan fingerprint density at radius 3 is 2.65 bits per heavy atom. The Morgan fingerprint density at radius 2 is 2.00 bits per heavy atom. The van der Waals surface area contributed by atoms with Crippen LogP contribution in [-0.2, 0) is 16.0 Å². The third-order valence-electron chi connectivity index (χ3n) is 2.98. The first-order valence-electron chi connectivity index (χ1n) is 7.21. The lowest BCUT2D eigenvalue weighted by Gasteiger charge is -2.04. The third-order valence-corrected chi connectivity index (χ3v) is 2.98. The van der Waals surface area contributed by atoms with Crippen molar-refractivity contribution in [2.75, 3.05) is 0 Å². The Bertz CT molecular complexity index is 458. The molecule has 0 amide bonds. The van der Waals surface area contributed by atoms with E-state index in [0.29, 0.717) is 18.1 Å². The molecule has 2 heteroatoms. The smallest absolute Gasteiger partial charge is 0.315 e. The summed E-state index contributed by atoms with van der Waals surface area (Å²) in [4.78, 5) is 11.7. The molecule has 0 aromatic heterocycles. The zero-order valence-electron chi connectivity index (χ0n) is 12.6. The molecule has 0 saturated carbocycles. The maximum Gasteiger partial charge on any atom is 0.315 e. The normalized spacial score (nSPS) is 13.4. The van der Waals surface area contributed by atoms with Gasteiger partial charge in [0.15, 0.2) is 0 Å². The van der Waals surface area contributed by atoms with E-state index in [2.05, 4.69) is 19.9 Å². The van der Waals surface area contributed by atoms with Crippen molar-refractivity contribution in [3.63, 3.8) is 0 Å². The van der Waals surface area contributed by atoms with Crippen LogP contribution >= 0.6 is 0 Å². The van der Waals surface area contributed by atoms with E-state index in [1.54, 1.807) is 6.92 Å². The van der Waals surface area contributed by atoms with Crippen molar-refractivity contribution >= 4 is 5.97 Å². The fourth-order valence-corrected chi connectivity index (χ4v) is 1.94. The van der Waals surface area contributed by atoms with E-state index in [0.717, 1.165) is 5.56 Å². The van der Waals surface area contributed by atoms with Gasteiger partial charge in [0, 0.05) is 0 Å². The van der Waals surface area contributed by atoms with Gasteiger partial charge >= 0.3 is 5.97 Å². The van der Waals surface area contributed by atoms with E-state index in [-0.39, 0.29) is 5.97 Å². The van der Waals surface area contributed by atoms with Crippen LogP contribution in [0.1, 0.15) is 39.2 Å². The summed E-state index contributed by atoms with van der Waals surface area (Å²) in [6.07, 6.45) is 8.61. The molecule has 1 unspecified atom stereocenters. The Morgan fingerprint density at radius 1 is 1.30 bits per heavy atom. The number of benzene rings is 1. The highest BCUT2D eigenvalue weighted by Crippen LogP contribution is 2.08. The van der Waals surface area contributed by atoms with Gasteiger partial charge in [0.2, 0.25) is 0 Å². The molecule has 1 atom stereocenters. The highest BCUT2D eigenvalue weighted by molar-refractivity contribution is 5.73. The average molecular weight is 272 g/mol. The number of ether oxygens (including phenoxy) is 1. The molecule has 2 nitrogen and oxygen atoms in total. The van der Waals surface area contributed by atoms with Crippen LogP contribution in [0.25, 0.3) is 0 Å². The molecule has 0 aliphatic rings. The SMILES string of the molecule is CCCC(C)/C=C/C=C(\C)OC(=O)Cc1ccccc1. The molecule has 1 aromatic rings. The van der Waals surface area contributed by atoms with Crippen molar-refractivity contribution in [3.05, 3.63) is 59.9 Å². The van der Waals surface area contributed by atoms with E-state index in [1.807, 2.05) is 42.5 Å². The number of esters is 1. The number of carbonyl (C=O) groups is 1. The topological polar surface area (TPSA) is 26.3 Å². The quantitative estimate of drug-likeness (QED) is 0.409. The predicted octanol–water partition coefficient (Wildman–Crippen LogP) is 4.67. The number of hydrogen-bond acceptors (Lipinski definition) is 2. The van der Waals surface area contributed by atoms with Gasteiger partial charge in [-0.1, -0.05) is 62.8 Å². The van der Waals surface area contributed by atoms with Gasteiger partial charge in [-0.2, -0.15) is 0 Å². The van der Waals surface area contributed by atoms with Crippen LogP contribution in [0.3, 0.4) is 0 Å². The molecule has 0 heterocycles. The predicted molar refractivity (Wildman–Crippen MR) is 83.2 cm³/mol. The van der Waals surface area contributed by atoms with Crippen molar-refractivity contribution in [2.24, 2.45) is 5.92 Å². The average Bonchev–Trinajstić information content (AvgIpc) is 2.39. The zero-order valence-corrected chi connectivity index (χ0v) is 12.6. The van der Waals surface area contributed by atoms with E-state index >= 15 is 0 Å². The zero-order chi connectivity index (χ0) is 14.8. The summed E-state index contributed by atoms with van der Waals surface area (Å²) < 4.78 is 5.27. The van der Waals surface area contributed by atoms with Gasteiger partial charge in [0.1, 0.15) is 5.76 Å². The minimum Gasteiger partial charge on any atom is -0.431 e. The van der Waals surface area contributed by atoms with Gasteiger partial charge < -0.3 is 4.74 Å². The molecular weight excluding hydrogens is 248 g/mol. The van der Waals surface area contributed by atoms with Crippen LogP contribution in [0.15, 0.2) is 54.3 Å². The van der Waals surface area contributed by atoms with Crippen LogP contribution in [0.4, 0.5) is 0 Å². The number of allylic oxidation sites excluding steroid dienone is 4. The number of hydrogen-bond donors (Lipinski definition) is 0. The molecule has 0 saturated heterocycles. The fourth-order valence-electron chi connectivity index (χ4n) is 1.94. The van der Waals surface area contributed by atoms with Gasteiger partial charge in [0.25, 0.3) is 0 Å². The summed E-state index contributed by atoms with van der Waals surface area (Å²) >= 11 is 0. The van der Waals surface area contributed by atoms with Crippen LogP contribution in [-0.4, -0.2) is 5.97 Å². The third kappa shape index (κ3) is 6.93. The highest BCUT2D eigenvalue weighted by atomic mass is 16.5. The molecule has 0 spiro atoms. The lowest BCUT2D eigenvalue weighted by atomic mass is 10.1. The van der Waals surface area contributed by atoms with Crippen molar-refractivity contribution < 1.29 is 9.53 Å². The van der Waals surface area contributed by atoms with E-state index < -0.39 is 0 Å². The van der Waals surface area contributed by atoms with Crippen LogP contribution in [0, 0.1) is 5.92 Å². The van der Waals surface area contributed by atoms with Gasteiger partial charge in [-0.25, -0.2) is 0 Å². The molecule has 1 rings (SSSR count). The van der Waals surface area contributed by atoms with E-state index in [1.165, 1.54) is 12.8 Å². The van der Waals surface area contributed by atoms with Crippen molar-refractivity contribution in [1.29, 1.82) is 0 Å². The maximum absolute atomic E-state index is 11.7. The minimum absolute atomic E-state index is 0.222. The van der Waals surface area contributed by atoms with E-state index in [4.69, 9.17) is 4.74 Å². The molecule has 0 fully saturated rings. The molecule has 0 aliphatic heterocycles. The summed E-state index contributed by atoms with van der Waals surface area (Å²) in [6.45, 7) is 6.17. The summed E-state index contributed by atoms with van der Waals surface area (Å²) in [5, 5.41) is 0. The Hall–Kier alpha value is -1.83. The molecule has 0 bridgehead atoms. The molecule has 1 aromatic carbocycles. The summed E-state index contributed by atoms with van der Waals surface area (Å²) in [5.41, 5.74) is 0.970. The fraction of sp³-hybridized carbons (Fsp3) is 0.389. The van der Waals surface area contributed by atoms with E-state index in [9.17, 15) is 4.79 Å².